The molecule has 9 rings (SSSR count). The van der Waals surface area contributed by atoms with E-state index in [1.807, 2.05) is 0 Å². The lowest BCUT2D eigenvalue weighted by molar-refractivity contribution is 1.01. The highest BCUT2D eigenvalue weighted by Gasteiger charge is 2.33. The van der Waals surface area contributed by atoms with E-state index in [2.05, 4.69) is 180 Å². The number of aromatic nitrogens is 4. The molecule has 258 valence electrons. The largest absolute Gasteiger partial charge is 0.309 e. The van der Waals surface area contributed by atoms with Gasteiger partial charge in [-0.1, -0.05) is 129 Å². The lowest BCUT2D eigenvalue weighted by Crippen LogP contribution is -2.58. The van der Waals surface area contributed by atoms with Crippen LogP contribution in [-0.2, 0) is 0 Å². The minimum atomic E-state index is -0.0954. The molecule has 4 nitrogen and oxygen atoms in total. The van der Waals surface area contributed by atoms with Crippen LogP contribution >= 0.6 is 0 Å². The molecule has 0 amide bonds. The number of para-hydroxylation sites is 3. The van der Waals surface area contributed by atoms with Crippen molar-refractivity contribution in [2.75, 3.05) is 0 Å². The first-order valence-corrected chi connectivity index (χ1v) is 18.6. The average molecular weight is 687 g/mol. The molecule has 3 aromatic heterocycles. The summed E-state index contributed by atoms with van der Waals surface area (Å²) in [6.45, 7) is 17.5. The number of hydrogen-bond donors (Lipinski definition) is 0. The molecule has 3 heterocycles. The van der Waals surface area contributed by atoms with Gasteiger partial charge in [0.25, 0.3) is 6.71 Å². The summed E-state index contributed by atoms with van der Waals surface area (Å²) < 4.78 is 4.84. The van der Waals surface area contributed by atoms with E-state index in [4.69, 9.17) is 9.97 Å². The fourth-order valence-corrected chi connectivity index (χ4v) is 9.48. The van der Waals surface area contributed by atoms with E-state index in [0.29, 0.717) is 0 Å². The molecule has 6 aromatic carbocycles. The van der Waals surface area contributed by atoms with E-state index >= 15 is 0 Å². The molecular weight excluding hydrogens is 643 g/mol. The maximum atomic E-state index is 5.49. The summed E-state index contributed by atoms with van der Waals surface area (Å²) in [6.07, 6.45) is 0. The van der Waals surface area contributed by atoms with Crippen LogP contribution in [-0.4, -0.2) is 25.8 Å². The Kier molecular flexibility index (Phi) is 7.67. The maximum absolute atomic E-state index is 5.49. The lowest BCUT2D eigenvalue weighted by atomic mass is 9.37. The standard InChI is InChI=1S/C48H43BN4/c1-28-24-30(3)44(31(4)25-28)49(45-32(5)26-29(2)27-33(45)6)48-50-34(7)46(35(8)51-48)53-41-21-15-13-19-39(41)43-42(53)23-22-38-37-18-12-14-20-40(37)52(47(38)43)36-16-10-9-11-17-36/h9-27H,1-8H3. The third kappa shape index (κ3) is 5.05. The number of rotatable bonds is 5. The Hall–Kier alpha value is -5.94. The molecule has 0 saturated heterocycles. The fraction of sp³-hybridized carbons (Fsp3) is 0.167. The van der Waals surface area contributed by atoms with Gasteiger partial charge in [0.1, 0.15) is 0 Å². The Balaban J connectivity index is 1.35. The van der Waals surface area contributed by atoms with Crippen LogP contribution in [0.15, 0.2) is 115 Å². The van der Waals surface area contributed by atoms with Gasteiger partial charge in [0.05, 0.1) is 44.9 Å². The zero-order chi connectivity index (χ0) is 36.7. The summed E-state index contributed by atoms with van der Waals surface area (Å²) in [5, 5.41) is 4.94. The third-order valence-corrected chi connectivity index (χ3v) is 11.3. The highest BCUT2D eigenvalue weighted by atomic mass is 15.1. The zero-order valence-electron chi connectivity index (χ0n) is 31.8. The van der Waals surface area contributed by atoms with Gasteiger partial charge in [-0.2, -0.15) is 0 Å². The molecule has 0 unspecified atom stereocenters. The van der Waals surface area contributed by atoms with Gasteiger partial charge in [0.15, 0.2) is 0 Å². The minimum Gasteiger partial charge on any atom is -0.309 e. The highest BCUT2D eigenvalue weighted by molar-refractivity contribution is 6.95. The molecule has 0 fully saturated rings. The quantitative estimate of drug-likeness (QED) is 0.169. The molecule has 0 N–H and O–H groups in total. The normalized spacial score (nSPS) is 11.8. The number of fused-ring (bicyclic) bond motifs is 7. The van der Waals surface area contributed by atoms with Crippen molar-refractivity contribution in [3.8, 4) is 11.4 Å². The van der Waals surface area contributed by atoms with Crippen LogP contribution in [0.2, 0.25) is 0 Å². The van der Waals surface area contributed by atoms with Crippen molar-refractivity contribution in [1.82, 2.24) is 19.1 Å². The summed E-state index contributed by atoms with van der Waals surface area (Å²) >= 11 is 0. The van der Waals surface area contributed by atoms with Crippen LogP contribution < -0.4 is 16.6 Å². The monoisotopic (exact) mass is 686 g/mol. The molecular formula is C48H43BN4. The van der Waals surface area contributed by atoms with Gasteiger partial charge in [-0.3, -0.25) is 0 Å². The van der Waals surface area contributed by atoms with E-state index in [1.54, 1.807) is 0 Å². The van der Waals surface area contributed by atoms with E-state index in [9.17, 15) is 0 Å². The van der Waals surface area contributed by atoms with Crippen LogP contribution in [0.5, 0.6) is 0 Å². The second-order valence-corrected chi connectivity index (χ2v) is 15.1. The van der Waals surface area contributed by atoms with Crippen molar-refractivity contribution < 1.29 is 0 Å². The zero-order valence-corrected chi connectivity index (χ0v) is 31.8. The van der Waals surface area contributed by atoms with Crippen molar-refractivity contribution in [2.24, 2.45) is 0 Å². The summed E-state index contributed by atoms with van der Waals surface area (Å²) in [5.74, 6) is 0. The molecule has 0 bridgehead atoms. The van der Waals surface area contributed by atoms with Gasteiger partial charge in [-0.25, -0.2) is 9.97 Å². The Labute approximate surface area is 311 Å². The Bertz CT molecular complexity index is 2800. The fourth-order valence-electron chi connectivity index (χ4n) is 9.48. The number of aryl methyl sites for hydroxylation is 8. The lowest BCUT2D eigenvalue weighted by Gasteiger charge is -2.24. The molecule has 0 radical (unpaired) electrons. The number of hydrogen-bond acceptors (Lipinski definition) is 2. The van der Waals surface area contributed by atoms with E-state index < -0.39 is 0 Å². The van der Waals surface area contributed by atoms with Gasteiger partial charge >= 0.3 is 0 Å². The predicted molar refractivity (Wildman–Crippen MR) is 226 cm³/mol. The Morgan fingerprint density at radius 1 is 0.453 bits per heavy atom. The minimum absolute atomic E-state index is 0.0954. The second kappa shape index (κ2) is 12.3. The van der Waals surface area contributed by atoms with Crippen molar-refractivity contribution in [1.29, 1.82) is 0 Å². The topological polar surface area (TPSA) is 35.6 Å². The van der Waals surface area contributed by atoms with Crippen LogP contribution in [0, 0.1) is 55.4 Å². The SMILES string of the molecule is Cc1cc(C)c(B(c2nc(C)c(-n3c4ccccc4c4c3ccc3c5ccccc5n(-c5ccccc5)c34)c(C)n2)c2c(C)cc(C)cc2C)c(C)c1. The highest BCUT2D eigenvalue weighted by Crippen LogP contribution is 2.42. The van der Waals surface area contributed by atoms with Gasteiger partial charge in [0.2, 0.25) is 0 Å². The van der Waals surface area contributed by atoms with Crippen molar-refractivity contribution >= 4 is 67.0 Å². The average Bonchev–Trinajstić information content (AvgIpc) is 3.63. The summed E-state index contributed by atoms with van der Waals surface area (Å²) in [7, 11) is 0. The van der Waals surface area contributed by atoms with E-state index in [1.165, 1.54) is 76.9 Å². The molecule has 0 aliphatic rings. The van der Waals surface area contributed by atoms with E-state index in [0.717, 1.165) is 39.5 Å². The van der Waals surface area contributed by atoms with Crippen LogP contribution in [0.1, 0.15) is 44.8 Å². The molecule has 0 atom stereocenters. The molecule has 0 spiro atoms. The smallest absolute Gasteiger partial charge is 0.291 e. The first-order valence-electron chi connectivity index (χ1n) is 18.6. The molecule has 9 aromatic rings. The molecule has 53 heavy (non-hydrogen) atoms. The van der Waals surface area contributed by atoms with Gasteiger partial charge < -0.3 is 9.13 Å². The van der Waals surface area contributed by atoms with Gasteiger partial charge in [0, 0.05) is 27.2 Å². The van der Waals surface area contributed by atoms with Crippen LogP contribution in [0.25, 0.3) is 55.0 Å². The number of nitrogens with zero attached hydrogens (tertiary/aromatic N) is 4. The first-order chi connectivity index (χ1) is 25.6. The van der Waals surface area contributed by atoms with Crippen LogP contribution in [0.3, 0.4) is 0 Å². The van der Waals surface area contributed by atoms with Gasteiger partial charge in [-0.05, 0) is 85.7 Å². The summed E-state index contributed by atoms with van der Waals surface area (Å²) in [4.78, 5) is 11.0. The Morgan fingerprint density at radius 3 is 1.51 bits per heavy atom. The Morgan fingerprint density at radius 2 is 0.943 bits per heavy atom. The molecule has 0 saturated carbocycles. The second-order valence-electron chi connectivity index (χ2n) is 15.1. The molecule has 0 aliphatic heterocycles. The molecule has 5 heteroatoms. The van der Waals surface area contributed by atoms with E-state index in [-0.39, 0.29) is 6.71 Å². The summed E-state index contributed by atoms with van der Waals surface area (Å²) in [5.41, 5.74) is 19.9. The number of benzene rings is 6. The maximum Gasteiger partial charge on any atom is 0.291 e. The van der Waals surface area contributed by atoms with Crippen molar-refractivity contribution in [3.05, 3.63) is 160 Å². The third-order valence-electron chi connectivity index (χ3n) is 11.3. The van der Waals surface area contributed by atoms with Crippen LogP contribution in [0.4, 0.5) is 0 Å². The first kappa shape index (κ1) is 32.9. The predicted octanol–water partition coefficient (Wildman–Crippen LogP) is 9.65. The van der Waals surface area contributed by atoms with Crippen molar-refractivity contribution in [3.63, 3.8) is 0 Å². The van der Waals surface area contributed by atoms with Gasteiger partial charge in [-0.15, -0.1) is 0 Å². The molecule has 0 aliphatic carbocycles. The van der Waals surface area contributed by atoms with Crippen molar-refractivity contribution in [2.45, 2.75) is 55.4 Å². The summed E-state index contributed by atoms with van der Waals surface area (Å²) in [6, 6.07) is 42.1.